The highest BCUT2D eigenvalue weighted by Crippen LogP contribution is 2.23. The number of allylic oxidation sites excluding steroid dienone is 1. The first-order valence-corrected chi connectivity index (χ1v) is 9.64. The van der Waals surface area contributed by atoms with Gasteiger partial charge in [-0.05, 0) is 24.3 Å². The Labute approximate surface area is 173 Å². The average molecular weight is 390 g/mol. The van der Waals surface area contributed by atoms with Crippen LogP contribution >= 0.6 is 0 Å². The first kappa shape index (κ1) is 17.8. The van der Waals surface area contributed by atoms with Crippen LogP contribution in [0, 0.1) is 0 Å². The molecule has 0 aliphatic heterocycles. The van der Waals surface area contributed by atoms with Crippen LogP contribution in [0.2, 0.25) is 0 Å². The Kier molecular flexibility index (Phi) is 4.54. The number of para-hydroxylation sites is 1. The second-order valence-electron chi connectivity index (χ2n) is 6.86. The van der Waals surface area contributed by atoms with Crippen LogP contribution in [0.3, 0.4) is 0 Å². The van der Waals surface area contributed by atoms with Gasteiger partial charge in [0, 0.05) is 29.4 Å². The Balaban J connectivity index is 1.43. The Bertz CT molecular complexity index is 1390. The number of ketones is 1. The van der Waals surface area contributed by atoms with Crippen molar-refractivity contribution >= 4 is 27.9 Å². The lowest BCUT2D eigenvalue weighted by Crippen LogP contribution is -1.98. The van der Waals surface area contributed by atoms with E-state index >= 15 is 0 Å². The summed E-state index contributed by atoms with van der Waals surface area (Å²) in [6.07, 6.45) is 6.80. The minimum absolute atomic E-state index is 0.165. The Morgan fingerprint density at radius 3 is 2.63 bits per heavy atom. The van der Waals surface area contributed by atoms with Crippen molar-refractivity contribution in [2.45, 2.75) is 0 Å². The van der Waals surface area contributed by atoms with Crippen molar-refractivity contribution in [3.05, 3.63) is 109 Å². The number of benzene rings is 2. The number of nitrogens with zero attached hydrogens (tertiary/aromatic N) is 3. The van der Waals surface area contributed by atoms with Crippen LogP contribution in [-0.2, 0) is 0 Å². The summed E-state index contributed by atoms with van der Waals surface area (Å²) in [5.74, 6) is 0.580. The number of pyridine rings is 2. The van der Waals surface area contributed by atoms with Crippen LogP contribution in [0.5, 0.6) is 0 Å². The number of hydrogen-bond acceptors (Lipinski definition) is 4. The maximum absolute atomic E-state index is 12.9. The molecule has 5 nitrogen and oxygen atoms in total. The molecule has 5 rings (SSSR count). The molecule has 3 heterocycles. The Morgan fingerprint density at radius 1 is 0.933 bits per heavy atom. The van der Waals surface area contributed by atoms with Gasteiger partial charge in [0.25, 0.3) is 0 Å². The number of imidazole rings is 1. The molecule has 0 atom stereocenters. The summed E-state index contributed by atoms with van der Waals surface area (Å²) in [6.45, 7) is 0. The highest BCUT2D eigenvalue weighted by molar-refractivity contribution is 6.08. The third-order valence-corrected chi connectivity index (χ3v) is 4.89. The molecule has 30 heavy (non-hydrogen) atoms. The van der Waals surface area contributed by atoms with Gasteiger partial charge >= 0.3 is 0 Å². The molecule has 2 aromatic carbocycles. The zero-order valence-electron chi connectivity index (χ0n) is 16.1. The summed E-state index contributed by atoms with van der Waals surface area (Å²) in [4.78, 5) is 22.0. The molecule has 1 N–H and O–H groups in total. The van der Waals surface area contributed by atoms with Crippen LogP contribution in [-0.4, -0.2) is 20.2 Å². The fraction of sp³-hybridized carbons (Fsp3) is 0. The molecule has 0 aliphatic carbocycles. The molecular weight excluding hydrogens is 372 g/mol. The number of nitrogens with one attached hydrogen (secondary N) is 1. The molecule has 5 aromatic rings. The molecule has 0 fully saturated rings. The molecule has 5 heteroatoms. The van der Waals surface area contributed by atoms with E-state index in [-0.39, 0.29) is 5.78 Å². The normalized spacial score (nSPS) is 11.3. The molecule has 0 aliphatic rings. The molecule has 3 aromatic heterocycles. The van der Waals surface area contributed by atoms with Gasteiger partial charge in [0.05, 0.1) is 22.9 Å². The lowest BCUT2D eigenvalue weighted by Gasteiger charge is -2.02. The zero-order valence-corrected chi connectivity index (χ0v) is 16.1. The van der Waals surface area contributed by atoms with E-state index in [1.54, 1.807) is 12.4 Å². The van der Waals surface area contributed by atoms with Crippen molar-refractivity contribution in [3.63, 3.8) is 0 Å². The smallest absolute Gasteiger partial charge is 0.207 e. The van der Waals surface area contributed by atoms with E-state index in [4.69, 9.17) is 0 Å². The van der Waals surface area contributed by atoms with Gasteiger partial charge in [-0.2, -0.15) is 0 Å². The van der Waals surface area contributed by atoms with E-state index < -0.39 is 0 Å². The van der Waals surface area contributed by atoms with Crippen LogP contribution in [0.15, 0.2) is 104 Å². The maximum atomic E-state index is 12.9. The third kappa shape index (κ3) is 3.33. The van der Waals surface area contributed by atoms with Gasteiger partial charge in [0.1, 0.15) is 11.5 Å². The number of rotatable bonds is 5. The molecule has 0 radical (unpaired) electrons. The number of fused-ring (bicyclic) bond motifs is 2. The van der Waals surface area contributed by atoms with Gasteiger partial charge in [-0.15, -0.1) is 0 Å². The summed E-state index contributed by atoms with van der Waals surface area (Å²) in [5, 5.41) is 4.16. The van der Waals surface area contributed by atoms with E-state index in [0.29, 0.717) is 5.69 Å². The molecule has 0 saturated heterocycles. The predicted octanol–water partition coefficient (Wildman–Crippen LogP) is 5.36. The van der Waals surface area contributed by atoms with E-state index in [1.807, 2.05) is 89.5 Å². The Hall–Kier alpha value is -4.25. The molecule has 144 valence electrons. The standard InChI is InChI=1S/C25H18N4O/c30-23(13-14-26-20-16-19-10-4-5-11-21(19)27-17-20)24-22-12-6-7-15-29(22)25(28-24)18-8-2-1-3-9-18/h1-17,26H/b14-13-. The third-order valence-electron chi connectivity index (χ3n) is 4.89. The minimum Gasteiger partial charge on any atom is -0.360 e. The van der Waals surface area contributed by atoms with Crippen LogP contribution in [0.25, 0.3) is 27.8 Å². The molecule has 0 unspecified atom stereocenters. The lowest BCUT2D eigenvalue weighted by atomic mass is 10.2. The highest BCUT2D eigenvalue weighted by atomic mass is 16.1. The van der Waals surface area contributed by atoms with Gasteiger partial charge in [-0.3, -0.25) is 14.2 Å². The number of aromatic nitrogens is 3. The predicted molar refractivity (Wildman–Crippen MR) is 119 cm³/mol. The van der Waals surface area contributed by atoms with Gasteiger partial charge in [0.15, 0.2) is 0 Å². The second kappa shape index (κ2) is 7.64. The first-order valence-electron chi connectivity index (χ1n) is 9.64. The van der Waals surface area contributed by atoms with Gasteiger partial charge in [0.2, 0.25) is 5.78 Å². The molecule has 0 spiro atoms. The Morgan fingerprint density at radius 2 is 1.73 bits per heavy atom. The highest BCUT2D eigenvalue weighted by Gasteiger charge is 2.16. The number of carbonyl (C=O) groups excluding carboxylic acids is 1. The zero-order chi connectivity index (χ0) is 20.3. The first-order chi connectivity index (χ1) is 14.8. The maximum Gasteiger partial charge on any atom is 0.207 e. The van der Waals surface area contributed by atoms with Crippen LogP contribution in [0.4, 0.5) is 5.69 Å². The quantitative estimate of drug-likeness (QED) is 0.324. The molecule has 0 saturated carbocycles. The molecule has 0 amide bonds. The van der Waals surface area contributed by atoms with E-state index in [1.165, 1.54) is 6.08 Å². The summed E-state index contributed by atoms with van der Waals surface area (Å²) in [6, 6.07) is 25.5. The fourth-order valence-corrected chi connectivity index (χ4v) is 3.45. The van der Waals surface area contributed by atoms with Crippen molar-refractivity contribution in [3.8, 4) is 11.4 Å². The number of carbonyl (C=O) groups is 1. The topological polar surface area (TPSA) is 59.3 Å². The van der Waals surface area contributed by atoms with Crippen molar-refractivity contribution in [2.75, 3.05) is 5.32 Å². The van der Waals surface area contributed by atoms with Gasteiger partial charge in [-0.25, -0.2) is 4.98 Å². The molecular formula is C25H18N4O. The van der Waals surface area contributed by atoms with Crippen molar-refractivity contribution in [2.24, 2.45) is 0 Å². The summed E-state index contributed by atoms with van der Waals surface area (Å²) in [5.41, 5.74) is 3.91. The van der Waals surface area contributed by atoms with Crippen molar-refractivity contribution in [1.82, 2.24) is 14.4 Å². The van der Waals surface area contributed by atoms with Crippen LogP contribution in [0.1, 0.15) is 10.5 Å². The number of hydrogen-bond donors (Lipinski definition) is 1. The summed E-state index contributed by atoms with van der Waals surface area (Å²) >= 11 is 0. The second-order valence-corrected chi connectivity index (χ2v) is 6.86. The average Bonchev–Trinajstić information content (AvgIpc) is 3.19. The SMILES string of the molecule is O=C(/C=C\Nc1cnc2ccccc2c1)c1nc(-c2ccccc2)n2ccccc12. The van der Waals surface area contributed by atoms with Gasteiger partial charge < -0.3 is 5.32 Å². The van der Waals surface area contributed by atoms with E-state index in [9.17, 15) is 4.79 Å². The summed E-state index contributed by atoms with van der Waals surface area (Å²) < 4.78 is 1.94. The lowest BCUT2D eigenvalue weighted by molar-refractivity contribution is 0.104. The molecule has 0 bridgehead atoms. The van der Waals surface area contributed by atoms with E-state index in [0.717, 1.165) is 33.5 Å². The van der Waals surface area contributed by atoms with Gasteiger partial charge in [-0.1, -0.05) is 54.6 Å². The van der Waals surface area contributed by atoms with Crippen molar-refractivity contribution < 1.29 is 4.79 Å². The monoisotopic (exact) mass is 390 g/mol. The van der Waals surface area contributed by atoms with E-state index in [2.05, 4.69) is 15.3 Å². The van der Waals surface area contributed by atoms with Crippen molar-refractivity contribution in [1.29, 1.82) is 0 Å². The largest absolute Gasteiger partial charge is 0.360 e. The number of anilines is 1. The van der Waals surface area contributed by atoms with Crippen LogP contribution < -0.4 is 5.32 Å². The minimum atomic E-state index is -0.165. The summed E-state index contributed by atoms with van der Waals surface area (Å²) in [7, 11) is 0. The fourth-order valence-electron chi connectivity index (χ4n) is 3.45.